The molecule has 1 N–H and O–H groups in total. The van der Waals surface area contributed by atoms with Gasteiger partial charge in [-0.15, -0.1) is 0 Å². The molecule has 1 amide bonds. The average Bonchev–Trinajstić information content (AvgIpc) is 2.73. The van der Waals surface area contributed by atoms with Gasteiger partial charge in [-0.1, -0.05) is 26.0 Å². The SMILES string of the molecule is CCN(CC)S(=O)(=O)c1ccc(OCC(=O)Nc2ccccc2C(=O)OC)cc1. The number of esters is 1. The van der Waals surface area contributed by atoms with Crippen LogP contribution in [-0.2, 0) is 19.6 Å². The smallest absolute Gasteiger partial charge is 0.339 e. The van der Waals surface area contributed by atoms with Crippen LogP contribution in [0.4, 0.5) is 5.69 Å². The summed E-state index contributed by atoms with van der Waals surface area (Å²) in [6.07, 6.45) is 0. The summed E-state index contributed by atoms with van der Waals surface area (Å²) >= 11 is 0. The zero-order valence-corrected chi connectivity index (χ0v) is 17.4. The molecule has 0 spiro atoms. The molecule has 156 valence electrons. The lowest BCUT2D eigenvalue weighted by molar-refractivity contribution is -0.118. The van der Waals surface area contributed by atoms with Gasteiger partial charge in [0, 0.05) is 13.1 Å². The van der Waals surface area contributed by atoms with Crippen molar-refractivity contribution in [2.24, 2.45) is 0 Å². The van der Waals surface area contributed by atoms with E-state index in [2.05, 4.69) is 10.1 Å². The molecular formula is C20H24N2O6S. The van der Waals surface area contributed by atoms with Crippen molar-refractivity contribution in [3.8, 4) is 5.75 Å². The number of anilines is 1. The fourth-order valence-electron chi connectivity index (χ4n) is 2.64. The van der Waals surface area contributed by atoms with Crippen LogP contribution in [-0.4, -0.2) is 51.4 Å². The number of benzene rings is 2. The van der Waals surface area contributed by atoms with Crippen molar-refractivity contribution in [1.82, 2.24) is 4.31 Å². The number of para-hydroxylation sites is 1. The highest BCUT2D eigenvalue weighted by Crippen LogP contribution is 2.20. The number of nitrogens with zero attached hydrogens (tertiary/aromatic N) is 1. The first kappa shape index (κ1) is 22.4. The van der Waals surface area contributed by atoms with Crippen molar-refractivity contribution in [2.45, 2.75) is 18.7 Å². The predicted octanol–water partition coefficient (Wildman–Crippen LogP) is 2.52. The molecule has 0 radical (unpaired) electrons. The number of hydrogen-bond acceptors (Lipinski definition) is 6. The summed E-state index contributed by atoms with van der Waals surface area (Å²) in [5.74, 6) is -0.687. The molecule has 0 unspecified atom stereocenters. The summed E-state index contributed by atoms with van der Waals surface area (Å²) < 4.78 is 36.4. The first-order valence-electron chi connectivity index (χ1n) is 9.03. The van der Waals surface area contributed by atoms with Gasteiger partial charge < -0.3 is 14.8 Å². The lowest BCUT2D eigenvalue weighted by atomic mass is 10.2. The number of methoxy groups -OCH3 is 1. The molecule has 0 heterocycles. The third-order valence-electron chi connectivity index (χ3n) is 4.14. The van der Waals surface area contributed by atoms with Gasteiger partial charge in [-0.05, 0) is 36.4 Å². The number of amides is 1. The molecule has 0 fully saturated rings. The Kier molecular flexibility index (Phi) is 7.74. The van der Waals surface area contributed by atoms with Gasteiger partial charge >= 0.3 is 5.97 Å². The Morgan fingerprint density at radius 1 is 1.00 bits per heavy atom. The Morgan fingerprint density at radius 3 is 2.21 bits per heavy atom. The van der Waals surface area contributed by atoms with Gasteiger partial charge in [-0.2, -0.15) is 4.31 Å². The van der Waals surface area contributed by atoms with Gasteiger partial charge in [-0.3, -0.25) is 4.79 Å². The van der Waals surface area contributed by atoms with Crippen molar-refractivity contribution in [3.05, 3.63) is 54.1 Å². The summed E-state index contributed by atoms with van der Waals surface area (Å²) in [6.45, 7) is 4.00. The maximum absolute atomic E-state index is 12.5. The maximum Gasteiger partial charge on any atom is 0.339 e. The number of hydrogen-bond donors (Lipinski definition) is 1. The molecule has 2 aromatic carbocycles. The fraction of sp³-hybridized carbons (Fsp3) is 0.300. The monoisotopic (exact) mass is 420 g/mol. The molecule has 0 aliphatic heterocycles. The van der Waals surface area contributed by atoms with E-state index in [1.807, 2.05) is 0 Å². The molecule has 0 bridgehead atoms. The van der Waals surface area contributed by atoms with Crippen LogP contribution < -0.4 is 10.1 Å². The normalized spacial score (nSPS) is 11.2. The van der Waals surface area contributed by atoms with E-state index in [0.717, 1.165) is 0 Å². The molecule has 0 atom stereocenters. The molecule has 0 saturated heterocycles. The summed E-state index contributed by atoms with van der Waals surface area (Å²) in [4.78, 5) is 24.1. The van der Waals surface area contributed by atoms with E-state index in [1.165, 1.54) is 41.7 Å². The number of rotatable bonds is 9. The second-order valence-electron chi connectivity index (χ2n) is 5.93. The van der Waals surface area contributed by atoms with Crippen LogP contribution in [0.2, 0.25) is 0 Å². The largest absolute Gasteiger partial charge is 0.484 e. The van der Waals surface area contributed by atoms with E-state index in [1.54, 1.807) is 32.0 Å². The van der Waals surface area contributed by atoms with E-state index in [9.17, 15) is 18.0 Å². The van der Waals surface area contributed by atoms with Crippen LogP contribution in [0.3, 0.4) is 0 Å². The Labute approximate surface area is 170 Å². The highest BCUT2D eigenvalue weighted by atomic mass is 32.2. The summed E-state index contributed by atoms with van der Waals surface area (Å²) in [6, 6.07) is 12.3. The van der Waals surface area contributed by atoms with Crippen molar-refractivity contribution >= 4 is 27.6 Å². The molecule has 8 nitrogen and oxygen atoms in total. The maximum atomic E-state index is 12.5. The van der Waals surface area contributed by atoms with Gasteiger partial charge in [0.2, 0.25) is 10.0 Å². The zero-order chi connectivity index (χ0) is 21.4. The topological polar surface area (TPSA) is 102 Å². The van der Waals surface area contributed by atoms with Crippen LogP contribution in [0.5, 0.6) is 5.75 Å². The van der Waals surface area contributed by atoms with E-state index in [4.69, 9.17) is 4.74 Å². The molecule has 9 heteroatoms. The molecule has 2 aromatic rings. The summed E-state index contributed by atoms with van der Waals surface area (Å²) in [5, 5.41) is 2.59. The number of carbonyl (C=O) groups excluding carboxylic acids is 2. The highest BCUT2D eigenvalue weighted by Gasteiger charge is 2.21. The first-order valence-corrected chi connectivity index (χ1v) is 10.5. The van der Waals surface area contributed by atoms with Gasteiger partial charge in [0.1, 0.15) is 5.75 Å². The Bertz CT molecular complexity index is 953. The Balaban J connectivity index is 2.01. The number of nitrogens with one attached hydrogen (secondary N) is 1. The molecule has 0 saturated carbocycles. The van der Waals surface area contributed by atoms with E-state index in [0.29, 0.717) is 24.5 Å². The van der Waals surface area contributed by atoms with Crippen molar-refractivity contribution < 1.29 is 27.5 Å². The highest BCUT2D eigenvalue weighted by molar-refractivity contribution is 7.89. The van der Waals surface area contributed by atoms with Gasteiger partial charge in [0.25, 0.3) is 5.91 Å². The van der Waals surface area contributed by atoms with Crippen LogP contribution in [0, 0.1) is 0 Å². The minimum Gasteiger partial charge on any atom is -0.484 e. The van der Waals surface area contributed by atoms with Crippen LogP contribution in [0.15, 0.2) is 53.4 Å². The van der Waals surface area contributed by atoms with E-state index < -0.39 is 21.9 Å². The second-order valence-corrected chi connectivity index (χ2v) is 7.87. The lowest BCUT2D eigenvalue weighted by Crippen LogP contribution is -2.30. The average molecular weight is 420 g/mol. The quantitative estimate of drug-likeness (QED) is 0.626. The van der Waals surface area contributed by atoms with Gasteiger partial charge in [-0.25, -0.2) is 13.2 Å². The zero-order valence-electron chi connectivity index (χ0n) is 16.5. The minimum atomic E-state index is -3.55. The number of sulfonamides is 1. The standard InChI is InChI=1S/C20H24N2O6S/c1-4-22(5-2)29(25,26)16-12-10-15(11-13-16)28-14-19(23)21-18-9-7-6-8-17(18)20(24)27-3/h6-13H,4-5,14H2,1-3H3,(H,21,23). The lowest BCUT2D eigenvalue weighted by Gasteiger charge is -2.18. The molecule has 29 heavy (non-hydrogen) atoms. The van der Waals surface area contributed by atoms with Crippen molar-refractivity contribution in [2.75, 3.05) is 32.1 Å². The molecule has 0 aromatic heterocycles. The van der Waals surface area contributed by atoms with Crippen LogP contribution in [0.25, 0.3) is 0 Å². The van der Waals surface area contributed by atoms with E-state index >= 15 is 0 Å². The first-order chi connectivity index (χ1) is 13.8. The second kappa shape index (κ2) is 10.0. The van der Waals surface area contributed by atoms with Crippen LogP contribution >= 0.6 is 0 Å². The van der Waals surface area contributed by atoms with Gasteiger partial charge in [0.15, 0.2) is 6.61 Å². The molecule has 2 rings (SSSR count). The molecule has 0 aliphatic rings. The summed E-state index contributed by atoms with van der Waals surface area (Å²) in [5.41, 5.74) is 0.544. The van der Waals surface area contributed by atoms with E-state index in [-0.39, 0.29) is 17.1 Å². The van der Waals surface area contributed by atoms with Crippen molar-refractivity contribution in [3.63, 3.8) is 0 Å². The third kappa shape index (κ3) is 5.55. The number of carbonyl (C=O) groups is 2. The minimum absolute atomic E-state index is 0.157. The Hall–Kier alpha value is -2.91. The predicted molar refractivity (Wildman–Crippen MR) is 108 cm³/mol. The third-order valence-corrected chi connectivity index (χ3v) is 6.21. The summed E-state index contributed by atoms with van der Waals surface area (Å²) in [7, 11) is -2.29. The molecular weight excluding hydrogens is 396 g/mol. The fourth-order valence-corrected chi connectivity index (χ4v) is 4.09. The molecule has 0 aliphatic carbocycles. The van der Waals surface area contributed by atoms with Gasteiger partial charge in [0.05, 0.1) is 23.3 Å². The number of ether oxygens (including phenoxy) is 2. The Morgan fingerprint density at radius 2 is 1.62 bits per heavy atom. The van der Waals surface area contributed by atoms with Crippen molar-refractivity contribution in [1.29, 1.82) is 0 Å². The van der Waals surface area contributed by atoms with Crippen LogP contribution in [0.1, 0.15) is 24.2 Å².